The monoisotopic (exact) mass is 360 g/mol. The Bertz CT molecular complexity index is 941. The maximum absolute atomic E-state index is 3.85. The molecule has 0 N–H and O–H groups in total. The summed E-state index contributed by atoms with van der Waals surface area (Å²) in [5, 5.41) is 0. The summed E-state index contributed by atoms with van der Waals surface area (Å²) in [4.78, 5) is 0. The van der Waals surface area contributed by atoms with Gasteiger partial charge in [0, 0.05) is 0 Å². The van der Waals surface area contributed by atoms with Gasteiger partial charge in [0.05, 0.1) is 0 Å². The molecule has 0 bridgehead atoms. The van der Waals surface area contributed by atoms with Gasteiger partial charge < -0.3 is 0 Å². The molecular formula is C28H24. The van der Waals surface area contributed by atoms with Crippen molar-refractivity contribution in [2.24, 2.45) is 0 Å². The Morgan fingerprint density at radius 2 is 0.714 bits per heavy atom. The number of hydrogen-bond donors (Lipinski definition) is 0. The van der Waals surface area contributed by atoms with Crippen molar-refractivity contribution >= 4 is 12.2 Å². The first-order chi connectivity index (χ1) is 13.8. The zero-order chi connectivity index (χ0) is 19.6. The molecule has 0 aromatic heterocycles. The van der Waals surface area contributed by atoms with Gasteiger partial charge in [-0.2, -0.15) is 0 Å². The summed E-state index contributed by atoms with van der Waals surface area (Å²) < 4.78 is 0. The van der Waals surface area contributed by atoms with E-state index in [9.17, 15) is 0 Å². The Kier molecular flexibility index (Phi) is 6.76. The summed E-state index contributed by atoms with van der Waals surface area (Å²) in [6.45, 7) is 7.69. The lowest BCUT2D eigenvalue weighted by atomic mass is 9.95. The number of rotatable bonds is 4. The van der Waals surface area contributed by atoms with E-state index in [4.69, 9.17) is 0 Å². The van der Waals surface area contributed by atoms with Gasteiger partial charge in [0.15, 0.2) is 0 Å². The molecule has 0 saturated carbocycles. The third-order valence-corrected chi connectivity index (χ3v) is 4.53. The standard InChI is InChI=1S/C16H14.C12H10/c1-3-13-9-5-7-11-15(13)16-12-8-6-10-14(16)4-2;1-3-7-11(8-4-1)12-9-5-2-6-10-12/h3-12H,1-2H2;1-10H. The lowest BCUT2D eigenvalue weighted by Gasteiger charge is -2.09. The van der Waals surface area contributed by atoms with Crippen LogP contribution in [0.3, 0.4) is 0 Å². The molecule has 0 radical (unpaired) electrons. The fourth-order valence-electron chi connectivity index (χ4n) is 3.10. The van der Waals surface area contributed by atoms with Gasteiger partial charge in [0.25, 0.3) is 0 Å². The molecule has 0 heterocycles. The van der Waals surface area contributed by atoms with Crippen molar-refractivity contribution in [2.45, 2.75) is 0 Å². The van der Waals surface area contributed by atoms with E-state index >= 15 is 0 Å². The lowest BCUT2D eigenvalue weighted by molar-refractivity contribution is 1.57. The second-order valence-electron chi connectivity index (χ2n) is 6.31. The highest BCUT2D eigenvalue weighted by molar-refractivity contribution is 5.81. The molecule has 4 rings (SSSR count). The van der Waals surface area contributed by atoms with E-state index in [1.54, 1.807) is 0 Å². The fourth-order valence-corrected chi connectivity index (χ4v) is 3.10. The molecule has 4 aromatic carbocycles. The van der Waals surface area contributed by atoms with Crippen LogP contribution in [-0.4, -0.2) is 0 Å². The van der Waals surface area contributed by atoms with Crippen LogP contribution in [0.5, 0.6) is 0 Å². The van der Waals surface area contributed by atoms with Crippen LogP contribution in [0.15, 0.2) is 122 Å². The molecule has 0 atom stereocenters. The van der Waals surface area contributed by atoms with Crippen LogP contribution in [0.1, 0.15) is 11.1 Å². The molecule has 136 valence electrons. The summed E-state index contributed by atoms with van der Waals surface area (Å²) in [5.41, 5.74) is 7.26. The van der Waals surface area contributed by atoms with Crippen LogP contribution >= 0.6 is 0 Å². The van der Waals surface area contributed by atoms with Crippen LogP contribution in [0.2, 0.25) is 0 Å². The van der Waals surface area contributed by atoms with Gasteiger partial charge in [-0.15, -0.1) is 0 Å². The van der Waals surface area contributed by atoms with E-state index in [-0.39, 0.29) is 0 Å². The van der Waals surface area contributed by atoms with E-state index in [0.717, 1.165) is 11.1 Å². The zero-order valence-electron chi connectivity index (χ0n) is 16.0. The molecule has 0 amide bonds. The Labute approximate surface area is 168 Å². The van der Waals surface area contributed by atoms with Crippen molar-refractivity contribution in [1.82, 2.24) is 0 Å². The predicted molar refractivity (Wildman–Crippen MR) is 124 cm³/mol. The molecule has 4 aromatic rings. The molecular weight excluding hydrogens is 336 g/mol. The van der Waals surface area contributed by atoms with Crippen LogP contribution < -0.4 is 0 Å². The minimum Gasteiger partial charge on any atom is -0.0984 e. The highest BCUT2D eigenvalue weighted by atomic mass is 14.1. The molecule has 0 fully saturated rings. The first-order valence-electron chi connectivity index (χ1n) is 9.37. The van der Waals surface area contributed by atoms with E-state index < -0.39 is 0 Å². The second-order valence-corrected chi connectivity index (χ2v) is 6.31. The molecule has 0 aliphatic carbocycles. The van der Waals surface area contributed by atoms with E-state index in [1.165, 1.54) is 22.3 Å². The lowest BCUT2D eigenvalue weighted by Crippen LogP contribution is -1.85. The average Bonchev–Trinajstić information content (AvgIpc) is 2.80. The highest BCUT2D eigenvalue weighted by Crippen LogP contribution is 2.28. The van der Waals surface area contributed by atoms with Crippen molar-refractivity contribution in [2.75, 3.05) is 0 Å². The normalized spacial score (nSPS) is 9.71. The van der Waals surface area contributed by atoms with Crippen molar-refractivity contribution < 1.29 is 0 Å². The zero-order valence-corrected chi connectivity index (χ0v) is 16.0. The third kappa shape index (κ3) is 4.75. The van der Waals surface area contributed by atoms with Gasteiger partial charge in [-0.3, -0.25) is 0 Å². The van der Waals surface area contributed by atoms with E-state index in [1.807, 2.05) is 48.6 Å². The maximum Gasteiger partial charge on any atom is -0.0106 e. The first kappa shape index (κ1) is 19.1. The topological polar surface area (TPSA) is 0 Å². The van der Waals surface area contributed by atoms with Crippen molar-refractivity contribution in [1.29, 1.82) is 0 Å². The summed E-state index contributed by atoms with van der Waals surface area (Å²) >= 11 is 0. The van der Waals surface area contributed by atoms with Crippen LogP contribution in [0.25, 0.3) is 34.4 Å². The average molecular weight is 361 g/mol. The van der Waals surface area contributed by atoms with Crippen molar-refractivity contribution in [3.05, 3.63) is 133 Å². The molecule has 0 aliphatic rings. The Morgan fingerprint density at radius 1 is 0.393 bits per heavy atom. The largest absolute Gasteiger partial charge is 0.0984 e. The minimum atomic E-state index is 1.15. The number of hydrogen-bond acceptors (Lipinski definition) is 0. The van der Waals surface area contributed by atoms with Crippen LogP contribution in [0, 0.1) is 0 Å². The first-order valence-corrected chi connectivity index (χ1v) is 9.37. The maximum atomic E-state index is 3.85. The quantitative estimate of drug-likeness (QED) is 0.346. The molecule has 28 heavy (non-hydrogen) atoms. The molecule has 0 spiro atoms. The summed E-state index contributed by atoms with van der Waals surface area (Å²) in [6.07, 6.45) is 3.77. The van der Waals surface area contributed by atoms with Crippen molar-refractivity contribution in [3.8, 4) is 22.3 Å². The van der Waals surface area contributed by atoms with Crippen molar-refractivity contribution in [3.63, 3.8) is 0 Å². The molecule has 0 unspecified atom stereocenters. The number of benzene rings is 4. The summed E-state index contributed by atoms with van der Waals surface area (Å²) in [7, 11) is 0. The van der Waals surface area contributed by atoms with Gasteiger partial charge >= 0.3 is 0 Å². The SMILES string of the molecule is C=Cc1ccccc1-c1ccccc1C=C.c1ccc(-c2ccccc2)cc1. The van der Waals surface area contributed by atoms with E-state index in [2.05, 4.69) is 86.0 Å². The predicted octanol–water partition coefficient (Wildman–Crippen LogP) is 7.99. The smallest absolute Gasteiger partial charge is 0.0106 e. The van der Waals surface area contributed by atoms with Crippen LogP contribution in [-0.2, 0) is 0 Å². The van der Waals surface area contributed by atoms with Gasteiger partial charge in [-0.05, 0) is 33.4 Å². The summed E-state index contributed by atoms with van der Waals surface area (Å²) in [6, 6.07) is 37.3. The third-order valence-electron chi connectivity index (χ3n) is 4.53. The fraction of sp³-hybridized carbons (Fsp3) is 0. The van der Waals surface area contributed by atoms with Crippen LogP contribution in [0.4, 0.5) is 0 Å². The molecule has 0 saturated heterocycles. The van der Waals surface area contributed by atoms with Gasteiger partial charge in [-0.25, -0.2) is 0 Å². The molecule has 0 nitrogen and oxygen atoms in total. The summed E-state index contributed by atoms with van der Waals surface area (Å²) in [5.74, 6) is 0. The van der Waals surface area contributed by atoms with Gasteiger partial charge in [-0.1, -0.05) is 135 Å². The second kappa shape index (κ2) is 9.89. The van der Waals surface area contributed by atoms with Gasteiger partial charge in [0.1, 0.15) is 0 Å². The molecule has 0 aliphatic heterocycles. The molecule has 0 heteroatoms. The minimum absolute atomic E-state index is 1.15. The Balaban J connectivity index is 0.000000167. The Morgan fingerprint density at radius 3 is 1.07 bits per heavy atom. The Hall–Kier alpha value is -3.64. The highest BCUT2D eigenvalue weighted by Gasteiger charge is 2.04. The van der Waals surface area contributed by atoms with Gasteiger partial charge in [0.2, 0.25) is 0 Å². The van der Waals surface area contributed by atoms with E-state index in [0.29, 0.717) is 0 Å².